The fourth-order valence-electron chi connectivity index (χ4n) is 16.2. The summed E-state index contributed by atoms with van der Waals surface area (Å²) in [6.07, 6.45) is 19.2. The second kappa shape index (κ2) is 34.8. The highest BCUT2D eigenvalue weighted by Crippen LogP contribution is 2.51. The fourth-order valence-corrected chi connectivity index (χ4v) is 20.7. The first-order valence-corrected chi connectivity index (χ1v) is 43.2. The number of aldehydes is 1. The number of aliphatic hydroxyl groups is 1. The molecular weight excluding hydrogens is 1520 g/mol. The summed E-state index contributed by atoms with van der Waals surface area (Å²) in [6.45, 7) is 38.9. The third kappa shape index (κ3) is 20.6. The van der Waals surface area contributed by atoms with E-state index in [1.165, 1.54) is 67.4 Å². The molecule has 1 N–H and O–H groups in total. The Balaban J connectivity index is 0.000000150. The second-order valence-corrected chi connectivity index (χ2v) is 40.4. The van der Waals surface area contributed by atoms with Crippen LogP contribution in [0, 0.1) is 16.2 Å². The molecule has 0 amide bonds. The lowest BCUT2D eigenvalue weighted by molar-refractivity contribution is 0.00562. The number of anilines is 4. The maximum absolute atomic E-state index is 13.5. The summed E-state index contributed by atoms with van der Waals surface area (Å²) < 4.78 is 28.2. The van der Waals surface area contributed by atoms with Crippen LogP contribution in [0.5, 0.6) is 0 Å². The highest BCUT2D eigenvalue weighted by molar-refractivity contribution is 9.10. The number of carbonyl (C=O) groups is 6. The molecule has 0 radical (unpaired) electrons. The average molecular weight is 1640 g/mol. The van der Waals surface area contributed by atoms with Gasteiger partial charge >= 0.3 is 29.8 Å². The van der Waals surface area contributed by atoms with Crippen LogP contribution in [0.4, 0.5) is 22.7 Å². The lowest BCUT2D eigenvalue weighted by Gasteiger charge is -2.30. The highest BCUT2D eigenvalue weighted by Gasteiger charge is 2.40. The summed E-state index contributed by atoms with van der Waals surface area (Å²) in [5.74, 6) is -1.52. The van der Waals surface area contributed by atoms with Crippen molar-refractivity contribution in [2.75, 3.05) is 86.2 Å². The van der Waals surface area contributed by atoms with E-state index >= 15 is 0 Å². The maximum Gasteiger partial charge on any atom is 0.340 e. The summed E-state index contributed by atoms with van der Waals surface area (Å²) in [5, 5.41) is 10.2. The van der Waals surface area contributed by atoms with Gasteiger partial charge in [0.2, 0.25) is 0 Å². The molecule has 20 heteroatoms. The van der Waals surface area contributed by atoms with Crippen molar-refractivity contribution in [2.45, 2.75) is 236 Å². The molecule has 4 fully saturated rings. The number of carbonyl (C=O) groups excluding carboxylic acids is 6. The number of methoxy groups -OCH3 is 2. The molecule has 4 saturated heterocycles. The van der Waals surface area contributed by atoms with Crippen LogP contribution in [0.2, 0.25) is 0 Å². The predicted molar refractivity (Wildman–Crippen MR) is 456 cm³/mol. The molecular formula is C91H117BrN4O12S3. The molecule has 4 aliphatic heterocycles. The van der Waals surface area contributed by atoms with Gasteiger partial charge in [-0.2, -0.15) is 0 Å². The molecule has 0 saturated carbocycles. The Hall–Kier alpha value is -7.36. The van der Waals surface area contributed by atoms with Crippen LogP contribution in [-0.4, -0.2) is 125 Å². The monoisotopic (exact) mass is 1630 g/mol. The van der Waals surface area contributed by atoms with Crippen LogP contribution < -0.4 is 19.6 Å². The van der Waals surface area contributed by atoms with Crippen molar-refractivity contribution < 1.29 is 57.6 Å². The molecule has 7 heterocycles. The molecule has 3 aliphatic carbocycles. The number of aliphatic hydroxyl groups excluding tert-OH is 1. The van der Waals surface area contributed by atoms with E-state index in [0.717, 1.165) is 210 Å². The number of ether oxygens (including phenoxy) is 5. The molecule has 0 unspecified atom stereocenters. The van der Waals surface area contributed by atoms with Crippen molar-refractivity contribution in [1.29, 1.82) is 0 Å². The van der Waals surface area contributed by atoms with Gasteiger partial charge in [-0.05, 0) is 286 Å². The zero-order valence-corrected chi connectivity index (χ0v) is 72.8. The van der Waals surface area contributed by atoms with Gasteiger partial charge in [0.15, 0.2) is 6.29 Å². The smallest absolute Gasteiger partial charge is 0.340 e. The first kappa shape index (κ1) is 84.5. The SMILES string of the molecule is CC1(C)CCc2sc(-c3ccc(N4CCCC4)cc3C=O)c(C(=O)OC(C)(C)C)c2C1.CC1(C)CCc2sc(-c3ccc(N4CCCC4)cc3CO)c(C(=O)OC(C)(C)C)c2C1.COC(=O)c1cc(N2CCCC2)ccc1-c1sc2c(c1C(=O)OC(C)(C)C)CC(C)(C)CC2.COC(=O)c1cc(N2CCCC2)ccc1Br. The van der Waals surface area contributed by atoms with Crippen molar-refractivity contribution in [2.24, 2.45) is 16.2 Å². The Morgan fingerprint density at radius 1 is 0.432 bits per heavy atom. The van der Waals surface area contributed by atoms with Gasteiger partial charge < -0.3 is 48.4 Å². The van der Waals surface area contributed by atoms with Crippen LogP contribution in [0.1, 0.15) is 274 Å². The van der Waals surface area contributed by atoms with Crippen LogP contribution in [0.15, 0.2) is 77.3 Å². The minimum atomic E-state index is -0.599. The average Bonchev–Trinajstić information content (AvgIpc) is 1.62. The number of fused-ring (bicyclic) bond motifs is 3. The Morgan fingerprint density at radius 2 is 0.739 bits per heavy atom. The Kier molecular flexibility index (Phi) is 26.5. The number of aryl methyl sites for hydroxylation is 3. The van der Waals surface area contributed by atoms with E-state index in [2.05, 4.69) is 107 Å². The maximum atomic E-state index is 13.5. The number of halogens is 1. The molecule has 0 bridgehead atoms. The molecule has 14 rings (SSSR count). The van der Waals surface area contributed by atoms with E-state index in [9.17, 15) is 33.9 Å². The lowest BCUT2D eigenvalue weighted by Crippen LogP contribution is -2.27. The number of hydrogen-bond acceptors (Lipinski definition) is 19. The van der Waals surface area contributed by atoms with Crippen molar-refractivity contribution in [3.05, 3.63) is 148 Å². The van der Waals surface area contributed by atoms with Gasteiger partial charge in [0, 0.05) is 116 Å². The molecule has 7 aromatic rings. The zero-order valence-electron chi connectivity index (χ0n) is 68.7. The Bertz CT molecular complexity index is 4570. The van der Waals surface area contributed by atoms with Crippen molar-refractivity contribution in [3.63, 3.8) is 0 Å². The number of benzene rings is 4. The molecule has 0 atom stereocenters. The number of hydrogen-bond donors (Lipinski definition) is 1. The summed E-state index contributed by atoms with van der Waals surface area (Å²) >= 11 is 8.37. The minimum absolute atomic E-state index is 0.0428. The van der Waals surface area contributed by atoms with Gasteiger partial charge in [0.1, 0.15) is 16.8 Å². The number of nitrogens with zero attached hydrogens (tertiary/aromatic N) is 4. The van der Waals surface area contributed by atoms with E-state index in [1.807, 2.05) is 105 Å². The van der Waals surface area contributed by atoms with Crippen molar-refractivity contribution >= 4 is 109 Å². The van der Waals surface area contributed by atoms with Gasteiger partial charge in [0.25, 0.3) is 0 Å². The van der Waals surface area contributed by atoms with E-state index in [0.29, 0.717) is 33.4 Å². The molecule has 598 valence electrons. The largest absolute Gasteiger partial charge is 0.465 e. The molecule has 111 heavy (non-hydrogen) atoms. The number of thiophene rings is 3. The molecule has 0 spiro atoms. The van der Waals surface area contributed by atoms with Gasteiger partial charge in [-0.15, -0.1) is 34.0 Å². The predicted octanol–water partition coefficient (Wildman–Crippen LogP) is 21.4. The van der Waals surface area contributed by atoms with E-state index in [-0.39, 0.29) is 52.7 Å². The van der Waals surface area contributed by atoms with Crippen LogP contribution >= 0.6 is 49.9 Å². The van der Waals surface area contributed by atoms with Gasteiger partial charge in [-0.3, -0.25) is 4.79 Å². The summed E-state index contributed by atoms with van der Waals surface area (Å²) in [7, 11) is 2.81. The van der Waals surface area contributed by atoms with E-state index < -0.39 is 16.8 Å². The quantitative estimate of drug-likeness (QED) is 0.0616. The van der Waals surface area contributed by atoms with E-state index in [4.69, 9.17) is 23.7 Å². The summed E-state index contributed by atoms with van der Waals surface area (Å²) in [5.41, 5.74) is 13.6. The lowest BCUT2D eigenvalue weighted by atomic mass is 9.75. The third-order valence-electron chi connectivity index (χ3n) is 21.9. The fraction of sp³-hybridized carbons (Fsp3) is 0.538. The highest BCUT2D eigenvalue weighted by atomic mass is 79.9. The number of rotatable bonds is 14. The van der Waals surface area contributed by atoms with E-state index in [1.54, 1.807) is 34.0 Å². The van der Waals surface area contributed by atoms with Crippen molar-refractivity contribution in [1.82, 2.24) is 0 Å². The van der Waals surface area contributed by atoms with Crippen molar-refractivity contribution in [3.8, 4) is 31.3 Å². The molecule has 3 aromatic heterocycles. The topological polar surface area (TPSA) is 182 Å². The normalized spacial score (nSPS) is 17.5. The van der Waals surface area contributed by atoms with Crippen LogP contribution in [-0.2, 0) is 68.8 Å². The first-order chi connectivity index (χ1) is 52.4. The van der Waals surface area contributed by atoms with Gasteiger partial charge in [-0.25, -0.2) is 24.0 Å². The van der Waals surface area contributed by atoms with Gasteiger partial charge in [-0.1, -0.05) is 59.7 Å². The second-order valence-electron chi connectivity index (χ2n) is 36.2. The number of esters is 5. The van der Waals surface area contributed by atoms with Crippen LogP contribution in [0.3, 0.4) is 0 Å². The zero-order chi connectivity index (χ0) is 80.3. The van der Waals surface area contributed by atoms with Crippen LogP contribution in [0.25, 0.3) is 31.3 Å². The Labute approximate surface area is 679 Å². The van der Waals surface area contributed by atoms with Gasteiger partial charge in [0.05, 0.1) is 58.4 Å². The summed E-state index contributed by atoms with van der Waals surface area (Å²) in [6, 6.07) is 24.2. The molecule has 16 nitrogen and oxygen atoms in total. The standard InChI is InChI=1S/C27H35NO4S.C26H35NO3S.C26H33NO3S.C12H14BrNO2/c1-26(2,3)32-25(30)22-20-16-27(4,5)12-11-21(20)33-23(22)18-10-9-17(28-13-7-8-14-28)15-19(18)24(29)31-6;2*1-25(2,3)30-24(29)22-20-15-26(4,5)11-10-21(20)31-23(22)19-9-8-18(14-17(19)16-28)27-12-6-7-13-27;1-16-12(15)10-8-9(4-5-11(10)13)14-6-2-3-7-14/h9-10,15H,7-8,11-14,16H2,1-6H3;8-9,14,28H,6-7,10-13,15-16H2,1-5H3;8-9,14,16H,6-7,10-13,15H2,1-5H3;4-5,8H,2-3,6-7H2,1H3. The molecule has 4 aromatic carbocycles. The Morgan fingerprint density at radius 3 is 1.09 bits per heavy atom. The minimum Gasteiger partial charge on any atom is -0.465 e. The summed E-state index contributed by atoms with van der Waals surface area (Å²) in [4.78, 5) is 92.5. The third-order valence-corrected chi connectivity index (χ3v) is 26.6. The molecule has 7 aliphatic rings. The first-order valence-electron chi connectivity index (χ1n) is 39.9.